The van der Waals surface area contributed by atoms with Gasteiger partial charge in [-0.25, -0.2) is 0 Å². The molecule has 134 valence electrons. The predicted molar refractivity (Wildman–Crippen MR) is 92.4 cm³/mol. The number of aliphatic hydroxyl groups is 1. The summed E-state index contributed by atoms with van der Waals surface area (Å²) in [5.74, 6) is 0.291. The fourth-order valence-corrected chi connectivity index (χ4v) is 2.72. The molecule has 7 heteroatoms. The van der Waals surface area contributed by atoms with Crippen molar-refractivity contribution in [2.24, 2.45) is 0 Å². The van der Waals surface area contributed by atoms with E-state index in [4.69, 9.17) is 14.7 Å². The maximum absolute atomic E-state index is 12.5. The number of carbonyl (C=O) groups excluding carboxylic acids is 1. The van der Waals surface area contributed by atoms with Crippen molar-refractivity contribution in [1.29, 1.82) is 5.26 Å². The van der Waals surface area contributed by atoms with Crippen molar-refractivity contribution in [3.8, 4) is 11.8 Å². The van der Waals surface area contributed by atoms with Crippen LogP contribution in [0.1, 0.15) is 28.0 Å². The van der Waals surface area contributed by atoms with E-state index in [1.54, 1.807) is 36.4 Å². The molecular weight excluding hydrogens is 334 g/mol. The maximum Gasteiger partial charge on any atom is 0.270 e. The van der Waals surface area contributed by atoms with Gasteiger partial charge in [-0.05, 0) is 48.4 Å². The van der Waals surface area contributed by atoms with Gasteiger partial charge in [0.15, 0.2) is 0 Å². The number of nitrogens with zero attached hydrogens (tertiary/aromatic N) is 2. The summed E-state index contributed by atoms with van der Waals surface area (Å²) in [5.41, 5.74) is 1.43. The van der Waals surface area contributed by atoms with Gasteiger partial charge < -0.3 is 19.9 Å². The second-order valence-electron chi connectivity index (χ2n) is 5.94. The molecule has 0 aliphatic carbocycles. The molecule has 2 N–H and O–H groups in total. The minimum absolute atomic E-state index is 0.148. The maximum atomic E-state index is 12.5. The van der Waals surface area contributed by atoms with Gasteiger partial charge >= 0.3 is 0 Å². The summed E-state index contributed by atoms with van der Waals surface area (Å²) in [6.45, 7) is 0.738. The van der Waals surface area contributed by atoms with Crippen LogP contribution >= 0.6 is 0 Å². The lowest BCUT2D eigenvalue weighted by atomic mass is 10.1. The summed E-state index contributed by atoms with van der Waals surface area (Å²) in [5, 5.41) is 21.0. The van der Waals surface area contributed by atoms with Gasteiger partial charge in [-0.3, -0.25) is 9.78 Å². The van der Waals surface area contributed by atoms with Crippen LogP contribution in [0.15, 0.2) is 42.6 Å². The van der Waals surface area contributed by atoms with Crippen LogP contribution in [-0.2, 0) is 11.3 Å². The topological polar surface area (TPSA) is 104 Å². The fourth-order valence-electron chi connectivity index (χ4n) is 2.72. The molecule has 7 nitrogen and oxygen atoms in total. The van der Waals surface area contributed by atoms with E-state index >= 15 is 0 Å². The molecule has 1 saturated heterocycles. The molecule has 1 aliphatic heterocycles. The second kappa shape index (κ2) is 8.43. The molecule has 26 heavy (non-hydrogen) atoms. The molecule has 0 spiro atoms. The first-order valence-electron chi connectivity index (χ1n) is 8.31. The number of benzene rings is 1. The lowest BCUT2D eigenvalue weighted by molar-refractivity contribution is -0.0135. The van der Waals surface area contributed by atoms with E-state index in [9.17, 15) is 9.90 Å². The van der Waals surface area contributed by atoms with Crippen LogP contribution in [0.4, 0.5) is 0 Å². The molecule has 0 saturated carbocycles. The summed E-state index contributed by atoms with van der Waals surface area (Å²) < 4.78 is 11.4. The van der Waals surface area contributed by atoms with Gasteiger partial charge in [0.05, 0.1) is 30.9 Å². The average Bonchev–Trinajstić information content (AvgIpc) is 2.70. The third kappa shape index (κ3) is 4.36. The molecule has 0 unspecified atom stereocenters. The number of amides is 1. The fraction of sp³-hybridized carbons (Fsp3) is 0.316. The largest absolute Gasteiger partial charge is 0.486 e. The van der Waals surface area contributed by atoms with Crippen LogP contribution in [0.2, 0.25) is 0 Å². The Labute approximate surface area is 151 Å². The average molecular weight is 353 g/mol. The molecule has 1 fully saturated rings. The number of rotatable bonds is 5. The third-order valence-corrected chi connectivity index (χ3v) is 4.13. The van der Waals surface area contributed by atoms with Crippen molar-refractivity contribution < 1.29 is 19.4 Å². The number of aromatic nitrogens is 1. The van der Waals surface area contributed by atoms with Crippen LogP contribution in [0, 0.1) is 11.3 Å². The zero-order chi connectivity index (χ0) is 18.4. The summed E-state index contributed by atoms with van der Waals surface area (Å²) in [6.07, 6.45) is 1.77. The zero-order valence-electron chi connectivity index (χ0n) is 14.1. The van der Waals surface area contributed by atoms with E-state index in [0.717, 1.165) is 0 Å². The number of hydrogen-bond donors (Lipinski definition) is 2. The molecule has 1 amide bonds. The van der Waals surface area contributed by atoms with E-state index in [0.29, 0.717) is 36.5 Å². The molecule has 0 radical (unpaired) electrons. The molecule has 0 bridgehead atoms. The van der Waals surface area contributed by atoms with Crippen LogP contribution < -0.4 is 10.1 Å². The normalized spacial score (nSPS) is 19.4. The molecule has 1 aromatic heterocycles. The SMILES string of the molecule is N#Cc1ccc(O[C@@H]2COCC[C@H]2NC(=O)c2cc(CO)ccn2)cc1. The van der Waals surface area contributed by atoms with E-state index in [-0.39, 0.29) is 30.4 Å². The molecular formula is C19H19N3O4. The Bertz CT molecular complexity index is 801. The van der Waals surface area contributed by atoms with Crippen molar-refractivity contribution in [3.63, 3.8) is 0 Å². The number of nitriles is 1. The third-order valence-electron chi connectivity index (χ3n) is 4.13. The highest BCUT2D eigenvalue weighted by molar-refractivity contribution is 5.92. The van der Waals surface area contributed by atoms with E-state index in [2.05, 4.69) is 16.4 Å². The van der Waals surface area contributed by atoms with Gasteiger partial charge in [0.25, 0.3) is 5.91 Å². The van der Waals surface area contributed by atoms with E-state index < -0.39 is 0 Å². The molecule has 1 aromatic carbocycles. The Morgan fingerprint density at radius 3 is 2.92 bits per heavy atom. The van der Waals surface area contributed by atoms with Gasteiger partial charge in [-0.1, -0.05) is 0 Å². The molecule has 3 rings (SSSR count). The monoisotopic (exact) mass is 353 g/mol. The van der Waals surface area contributed by atoms with Crippen LogP contribution in [0.3, 0.4) is 0 Å². The Morgan fingerprint density at radius 2 is 2.19 bits per heavy atom. The smallest absolute Gasteiger partial charge is 0.270 e. The Morgan fingerprint density at radius 1 is 1.38 bits per heavy atom. The number of pyridine rings is 1. The summed E-state index contributed by atoms with van der Waals surface area (Å²) in [7, 11) is 0. The highest BCUT2D eigenvalue weighted by atomic mass is 16.5. The Balaban J connectivity index is 1.68. The van der Waals surface area contributed by atoms with Crippen molar-refractivity contribution in [1.82, 2.24) is 10.3 Å². The second-order valence-corrected chi connectivity index (χ2v) is 5.94. The number of nitrogens with one attached hydrogen (secondary N) is 1. The predicted octanol–water partition coefficient (Wildman–Crippen LogP) is 1.41. The van der Waals surface area contributed by atoms with Gasteiger partial charge in [-0.2, -0.15) is 5.26 Å². The van der Waals surface area contributed by atoms with Gasteiger partial charge in [0, 0.05) is 12.8 Å². The van der Waals surface area contributed by atoms with Crippen LogP contribution in [-0.4, -0.2) is 41.4 Å². The molecule has 2 atom stereocenters. The number of hydrogen-bond acceptors (Lipinski definition) is 6. The van der Waals surface area contributed by atoms with Crippen molar-refractivity contribution in [2.75, 3.05) is 13.2 Å². The van der Waals surface area contributed by atoms with E-state index in [1.807, 2.05) is 0 Å². The number of aliphatic hydroxyl groups excluding tert-OH is 1. The first kappa shape index (κ1) is 17.9. The Kier molecular flexibility index (Phi) is 5.79. The minimum atomic E-state index is -0.346. The number of carbonyl (C=O) groups is 1. The molecule has 2 aromatic rings. The zero-order valence-corrected chi connectivity index (χ0v) is 14.1. The lowest BCUT2D eigenvalue weighted by Gasteiger charge is -2.32. The van der Waals surface area contributed by atoms with Gasteiger partial charge in [-0.15, -0.1) is 0 Å². The standard InChI is InChI=1S/C19H19N3O4/c20-10-13-1-3-15(4-2-13)26-18-12-25-8-6-16(18)22-19(24)17-9-14(11-23)5-7-21-17/h1-5,7,9,16,18,23H,6,8,11-12H2,(H,22,24)/t16-,18-/m1/s1. The minimum Gasteiger partial charge on any atom is -0.486 e. The van der Waals surface area contributed by atoms with E-state index in [1.165, 1.54) is 6.20 Å². The number of ether oxygens (including phenoxy) is 2. The van der Waals surface area contributed by atoms with Gasteiger partial charge in [0.2, 0.25) is 0 Å². The summed E-state index contributed by atoms with van der Waals surface area (Å²) in [6, 6.07) is 11.8. The molecule has 1 aliphatic rings. The summed E-state index contributed by atoms with van der Waals surface area (Å²) >= 11 is 0. The van der Waals surface area contributed by atoms with Crippen LogP contribution in [0.5, 0.6) is 5.75 Å². The lowest BCUT2D eigenvalue weighted by Crippen LogP contribution is -2.51. The molecule has 2 heterocycles. The van der Waals surface area contributed by atoms with Crippen LogP contribution in [0.25, 0.3) is 0 Å². The van der Waals surface area contributed by atoms with Crippen molar-refractivity contribution in [2.45, 2.75) is 25.2 Å². The highest BCUT2D eigenvalue weighted by Crippen LogP contribution is 2.19. The Hall–Kier alpha value is -2.95. The van der Waals surface area contributed by atoms with Gasteiger partial charge in [0.1, 0.15) is 17.5 Å². The van der Waals surface area contributed by atoms with Crippen molar-refractivity contribution in [3.05, 3.63) is 59.4 Å². The van der Waals surface area contributed by atoms with Crippen molar-refractivity contribution >= 4 is 5.91 Å². The first-order valence-corrected chi connectivity index (χ1v) is 8.31. The highest BCUT2D eigenvalue weighted by Gasteiger charge is 2.29. The quantitative estimate of drug-likeness (QED) is 0.842. The summed E-state index contributed by atoms with van der Waals surface area (Å²) in [4.78, 5) is 16.5. The first-order chi connectivity index (χ1) is 12.7.